The number of hydrogen-bond acceptors (Lipinski definition) is 4. The standard InChI is InChI=1S/C23H22FN5O/c1-13-8-14(11-25-2)9-18(24)21(13)19-10-17-20(12-27-19)28-29-22(17)15-6-4-5-7-16(15)23(30)26-3/h4-10,12,25H,11H2,1-3H3,(H,26,30)(H,28,29). The van der Waals surface area contributed by atoms with Gasteiger partial charge in [-0.15, -0.1) is 0 Å². The smallest absolute Gasteiger partial charge is 0.251 e. The third-order valence-electron chi connectivity index (χ3n) is 5.09. The second-order valence-corrected chi connectivity index (χ2v) is 7.11. The highest BCUT2D eigenvalue weighted by molar-refractivity contribution is 6.04. The normalized spacial score (nSPS) is 11.1. The fourth-order valence-corrected chi connectivity index (χ4v) is 3.73. The maximum absolute atomic E-state index is 14.9. The predicted molar refractivity (Wildman–Crippen MR) is 116 cm³/mol. The lowest BCUT2D eigenvalue weighted by molar-refractivity contribution is 0.0963. The molecule has 0 atom stereocenters. The van der Waals surface area contributed by atoms with Crippen molar-refractivity contribution < 1.29 is 9.18 Å². The summed E-state index contributed by atoms with van der Waals surface area (Å²) in [7, 11) is 3.42. The number of H-pyrrole nitrogens is 1. The minimum atomic E-state index is -0.317. The summed E-state index contributed by atoms with van der Waals surface area (Å²) in [5, 5.41) is 13.8. The van der Waals surface area contributed by atoms with Crippen molar-refractivity contribution >= 4 is 16.8 Å². The van der Waals surface area contributed by atoms with Crippen LogP contribution in [0.3, 0.4) is 0 Å². The van der Waals surface area contributed by atoms with E-state index in [1.165, 1.54) is 6.07 Å². The first-order chi connectivity index (χ1) is 14.5. The Kier molecular flexibility index (Phi) is 5.29. The van der Waals surface area contributed by atoms with Crippen LogP contribution < -0.4 is 10.6 Å². The Bertz CT molecular complexity index is 1220. The summed E-state index contributed by atoms with van der Waals surface area (Å²) in [6.45, 7) is 2.47. The fraction of sp³-hybridized carbons (Fsp3) is 0.174. The second kappa shape index (κ2) is 8.04. The number of nitrogens with zero attached hydrogens (tertiary/aromatic N) is 2. The molecule has 0 aliphatic heterocycles. The first-order valence-electron chi connectivity index (χ1n) is 9.63. The second-order valence-electron chi connectivity index (χ2n) is 7.11. The quantitative estimate of drug-likeness (QED) is 0.473. The van der Waals surface area contributed by atoms with Gasteiger partial charge in [-0.1, -0.05) is 24.3 Å². The van der Waals surface area contributed by atoms with Crippen molar-refractivity contribution in [1.29, 1.82) is 0 Å². The lowest BCUT2D eigenvalue weighted by Gasteiger charge is -2.11. The van der Waals surface area contributed by atoms with E-state index in [4.69, 9.17) is 0 Å². The van der Waals surface area contributed by atoms with E-state index in [1.807, 2.05) is 38.2 Å². The van der Waals surface area contributed by atoms with Crippen LogP contribution in [-0.4, -0.2) is 35.2 Å². The fourth-order valence-electron chi connectivity index (χ4n) is 3.73. The minimum Gasteiger partial charge on any atom is -0.355 e. The minimum absolute atomic E-state index is 0.196. The number of aryl methyl sites for hydroxylation is 1. The van der Waals surface area contributed by atoms with Crippen molar-refractivity contribution in [3.63, 3.8) is 0 Å². The lowest BCUT2D eigenvalue weighted by atomic mass is 9.98. The molecule has 0 saturated heterocycles. The number of halogens is 1. The molecule has 6 nitrogen and oxygen atoms in total. The van der Waals surface area contributed by atoms with Gasteiger partial charge in [-0.05, 0) is 43.3 Å². The van der Waals surface area contributed by atoms with Gasteiger partial charge >= 0.3 is 0 Å². The van der Waals surface area contributed by atoms with Gasteiger partial charge in [0.15, 0.2) is 0 Å². The van der Waals surface area contributed by atoms with Crippen molar-refractivity contribution in [2.24, 2.45) is 0 Å². The molecule has 0 radical (unpaired) electrons. The summed E-state index contributed by atoms with van der Waals surface area (Å²) in [5.41, 5.74) is 5.22. The molecule has 3 N–H and O–H groups in total. The number of carbonyl (C=O) groups is 1. The molecule has 0 aliphatic rings. The van der Waals surface area contributed by atoms with Gasteiger partial charge in [-0.2, -0.15) is 5.10 Å². The molecule has 152 valence electrons. The molecule has 7 heteroatoms. The summed E-state index contributed by atoms with van der Waals surface area (Å²) >= 11 is 0. The van der Waals surface area contributed by atoms with Crippen molar-refractivity contribution in [3.05, 3.63) is 71.2 Å². The van der Waals surface area contributed by atoms with E-state index in [2.05, 4.69) is 25.8 Å². The summed E-state index contributed by atoms with van der Waals surface area (Å²) in [4.78, 5) is 16.8. The molecule has 1 amide bonds. The highest BCUT2D eigenvalue weighted by Gasteiger charge is 2.18. The molecular formula is C23H22FN5O. The molecule has 0 unspecified atom stereocenters. The Morgan fingerprint density at radius 2 is 1.97 bits per heavy atom. The van der Waals surface area contributed by atoms with Gasteiger partial charge in [0.25, 0.3) is 5.91 Å². The van der Waals surface area contributed by atoms with Gasteiger partial charge in [0.2, 0.25) is 0 Å². The van der Waals surface area contributed by atoms with E-state index in [-0.39, 0.29) is 11.7 Å². The van der Waals surface area contributed by atoms with Gasteiger partial charge < -0.3 is 10.6 Å². The summed E-state index contributed by atoms with van der Waals surface area (Å²) in [6.07, 6.45) is 1.64. The van der Waals surface area contributed by atoms with E-state index < -0.39 is 0 Å². The van der Waals surface area contributed by atoms with Crippen LogP contribution >= 0.6 is 0 Å². The number of carbonyl (C=O) groups excluding carboxylic acids is 1. The monoisotopic (exact) mass is 403 g/mol. The molecule has 2 aromatic heterocycles. The maximum atomic E-state index is 14.9. The van der Waals surface area contributed by atoms with Crippen LogP contribution in [0.15, 0.2) is 48.7 Å². The van der Waals surface area contributed by atoms with Crippen LogP contribution in [0.5, 0.6) is 0 Å². The molecule has 4 rings (SSSR count). The van der Waals surface area contributed by atoms with Crippen LogP contribution in [0.4, 0.5) is 4.39 Å². The topological polar surface area (TPSA) is 82.7 Å². The van der Waals surface area contributed by atoms with Crippen molar-refractivity contribution in [1.82, 2.24) is 25.8 Å². The average Bonchev–Trinajstić information content (AvgIpc) is 3.16. The molecule has 0 spiro atoms. The predicted octanol–water partition coefficient (Wildman–Crippen LogP) is 3.82. The van der Waals surface area contributed by atoms with E-state index in [1.54, 1.807) is 25.4 Å². The average molecular weight is 403 g/mol. The zero-order valence-electron chi connectivity index (χ0n) is 17.0. The zero-order valence-corrected chi connectivity index (χ0v) is 17.0. The third-order valence-corrected chi connectivity index (χ3v) is 5.09. The van der Waals surface area contributed by atoms with Crippen LogP contribution in [0.1, 0.15) is 21.5 Å². The largest absolute Gasteiger partial charge is 0.355 e. The Balaban J connectivity index is 1.88. The number of fused-ring (bicyclic) bond motifs is 1. The van der Waals surface area contributed by atoms with Gasteiger partial charge in [-0.25, -0.2) is 4.39 Å². The molecule has 2 aromatic carbocycles. The molecular weight excluding hydrogens is 381 g/mol. The zero-order chi connectivity index (χ0) is 21.3. The number of rotatable bonds is 5. The molecule has 0 fully saturated rings. The maximum Gasteiger partial charge on any atom is 0.251 e. The van der Waals surface area contributed by atoms with Crippen LogP contribution in [0, 0.1) is 12.7 Å². The van der Waals surface area contributed by atoms with Crippen LogP contribution in [0.2, 0.25) is 0 Å². The van der Waals surface area contributed by atoms with E-state index in [0.717, 1.165) is 16.5 Å². The first kappa shape index (κ1) is 19.7. The van der Waals surface area contributed by atoms with Gasteiger partial charge in [0.05, 0.1) is 17.4 Å². The van der Waals surface area contributed by atoms with E-state index in [0.29, 0.717) is 40.1 Å². The number of pyridine rings is 1. The Hall–Kier alpha value is -3.58. The molecule has 0 aliphatic carbocycles. The number of aromatic nitrogens is 3. The van der Waals surface area contributed by atoms with Crippen LogP contribution in [0.25, 0.3) is 33.4 Å². The number of amides is 1. The Morgan fingerprint density at radius 1 is 1.17 bits per heavy atom. The number of nitrogens with one attached hydrogen (secondary N) is 3. The van der Waals surface area contributed by atoms with Gasteiger partial charge in [-0.3, -0.25) is 14.9 Å². The van der Waals surface area contributed by atoms with Gasteiger partial charge in [0.1, 0.15) is 11.5 Å². The van der Waals surface area contributed by atoms with Gasteiger partial charge in [0, 0.05) is 35.7 Å². The summed E-state index contributed by atoms with van der Waals surface area (Å²) < 4.78 is 14.9. The molecule has 4 aromatic rings. The molecule has 2 heterocycles. The van der Waals surface area contributed by atoms with Crippen LogP contribution in [-0.2, 0) is 6.54 Å². The molecule has 0 saturated carbocycles. The highest BCUT2D eigenvalue weighted by Crippen LogP contribution is 2.33. The Labute approximate surface area is 173 Å². The van der Waals surface area contributed by atoms with E-state index >= 15 is 0 Å². The third kappa shape index (κ3) is 3.44. The first-order valence-corrected chi connectivity index (χ1v) is 9.63. The molecule has 30 heavy (non-hydrogen) atoms. The lowest BCUT2D eigenvalue weighted by Crippen LogP contribution is -2.18. The molecule has 0 bridgehead atoms. The number of hydrogen-bond donors (Lipinski definition) is 3. The van der Waals surface area contributed by atoms with Crippen molar-refractivity contribution in [3.8, 4) is 22.5 Å². The SMILES string of the molecule is CNCc1cc(C)c(-c2cc3c(-c4ccccc4C(=O)NC)n[nH]c3cn2)c(F)c1. The number of benzene rings is 2. The highest BCUT2D eigenvalue weighted by atomic mass is 19.1. The number of aromatic amines is 1. The Morgan fingerprint density at radius 3 is 2.70 bits per heavy atom. The summed E-state index contributed by atoms with van der Waals surface area (Å²) in [6, 6.07) is 12.6. The van der Waals surface area contributed by atoms with Crippen molar-refractivity contribution in [2.45, 2.75) is 13.5 Å². The summed E-state index contributed by atoms with van der Waals surface area (Å²) in [5.74, 6) is -0.513. The van der Waals surface area contributed by atoms with E-state index in [9.17, 15) is 9.18 Å². The van der Waals surface area contributed by atoms with Crippen molar-refractivity contribution in [2.75, 3.05) is 14.1 Å².